The van der Waals surface area contributed by atoms with Crippen molar-refractivity contribution in [3.63, 3.8) is 0 Å². The molecule has 2 aromatic heterocycles. The van der Waals surface area contributed by atoms with Crippen LogP contribution in [0.15, 0.2) is 23.1 Å². The SMILES string of the molecule is O=c1n(C2CCNC2)nc2ccc(Cl)cn12. The van der Waals surface area contributed by atoms with Crippen LogP contribution in [0, 0.1) is 0 Å². The third-order valence-corrected chi connectivity index (χ3v) is 3.11. The maximum absolute atomic E-state index is 12.0. The second kappa shape index (κ2) is 3.61. The van der Waals surface area contributed by atoms with Crippen molar-refractivity contribution in [2.75, 3.05) is 13.1 Å². The summed E-state index contributed by atoms with van der Waals surface area (Å²) in [7, 11) is 0. The molecule has 3 rings (SSSR count). The first-order valence-electron chi connectivity index (χ1n) is 5.23. The molecule has 0 spiro atoms. The van der Waals surface area contributed by atoms with Gasteiger partial charge in [0, 0.05) is 12.7 Å². The van der Waals surface area contributed by atoms with Gasteiger partial charge in [-0.3, -0.25) is 0 Å². The van der Waals surface area contributed by atoms with E-state index in [9.17, 15) is 4.79 Å². The number of nitrogens with one attached hydrogen (secondary N) is 1. The molecule has 3 heterocycles. The van der Waals surface area contributed by atoms with Crippen molar-refractivity contribution in [3.05, 3.63) is 33.8 Å². The van der Waals surface area contributed by atoms with Gasteiger partial charge in [0.1, 0.15) is 0 Å². The van der Waals surface area contributed by atoms with Crippen LogP contribution in [-0.4, -0.2) is 27.3 Å². The zero-order chi connectivity index (χ0) is 11.1. The van der Waals surface area contributed by atoms with Crippen molar-refractivity contribution in [1.82, 2.24) is 19.5 Å². The Morgan fingerprint density at radius 2 is 2.38 bits per heavy atom. The normalized spacial score (nSPS) is 20.7. The predicted molar refractivity (Wildman–Crippen MR) is 61.0 cm³/mol. The molecule has 0 amide bonds. The van der Waals surface area contributed by atoms with Crippen molar-refractivity contribution in [3.8, 4) is 0 Å². The number of hydrogen-bond donors (Lipinski definition) is 1. The first-order valence-corrected chi connectivity index (χ1v) is 5.60. The van der Waals surface area contributed by atoms with E-state index in [-0.39, 0.29) is 11.7 Å². The molecule has 1 atom stereocenters. The molecular weight excluding hydrogens is 228 g/mol. The quantitative estimate of drug-likeness (QED) is 0.795. The van der Waals surface area contributed by atoms with Crippen LogP contribution in [0.2, 0.25) is 5.02 Å². The van der Waals surface area contributed by atoms with Crippen LogP contribution in [0.4, 0.5) is 0 Å². The number of rotatable bonds is 1. The van der Waals surface area contributed by atoms with E-state index >= 15 is 0 Å². The third-order valence-electron chi connectivity index (χ3n) is 2.88. The summed E-state index contributed by atoms with van der Waals surface area (Å²) in [4.78, 5) is 12.0. The van der Waals surface area contributed by atoms with Gasteiger partial charge in [-0.15, -0.1) is 5.10 Å². The average molecular weight is 239 g/mol. The standard InChI is InChI=1S/C10H11ClN4O/c11-7-1-2-9-13-15(8-3-4-12-5-8)10(16)14(9)6-7/h1-2,6,8,12H,3-5H2. The summed E-state index contributed by atoms with van der Waals surface area (Å²) >= 11 is 5.85. The highest BCUT2D eigenvalue weighted by Crippen LogP contribution is 2.13. The van der Waals surface area contributed by atoms with Crippen molar-refractivity contribution < 1.29 is 0 Å². The van der Waals surface area contributed by atoms with Crippen LogP contribution in [0.1, 0.15) is 12.5 Å². The van der Waals surface area contributed by atoms with Crippen LogP contribution in [-0.2, 0) is 0 Å². The van der Waals surface area contributed by atoms with Gasteiger partial charge < -0.3 is 5.32 Å². The van der Waals surface area contributed by atoms with Gasteiger partial charge in [0.15, 0.2) is 5.65 Å². The van der Waals surface area contributed by atoms with Gasteiger partial charge in [0.2, 0.25) is 0 Å². The zero-order valence-electron chi connectivity index (χ0n) is 8.56. The van der Waals surface area contributed by atoms with Gasteiger partial charge in [-0.05, 0) is 25.1 Å². The molecule has 1 N–H and O–H groups in total. The summed E-state index contributed by atoms with van der Waals surface area (Å²) in [6.07, 6.45) is 2.54. The van der Waals surface area contributed by atoms with E-state index in [1.54, 1.807) is 23.0 Å². The topological polar surface area (TPSA) is 51.3 Å². The lowest BCUT2D eigenvalue weighted by atomic mass is 10.3. The third kappa shape index (κ3) is 1.44. The fourth-order valence-electron chi connectivity index (χ4n) is 2.05. The molecule has 16 heavy (non-hydrogen) atoms. The Morgan fingerprint density at radius 1 is 1.50 bits per heavy atom. The number of hydrogen-bond acceptors (Lipinski definition) is 3. The van der Waals surface area contributed by atoms with Gasteiger partial charge in [-0.25, -0.2) is 13.9 Å². The molecule has 5 nitrogen and oxygen atoms in total. The molecule has 1 aliphatic rings. The summed E-state index contributed by atoms with van der Waals surface area (Å²) in [5.74, 6) is 0. The Bertz CT molecular complexity index is 582. The minimum atomic E-state index is -0.119. The molecule has 2 aromatic rings. The Hall–Kier alpha value is -1.33. The fourth-order valence-corrected chi connectivity index (χ4v) is 2.21. The molecule has 0 bridgehead atoms. The van der Waals surface area contributed by atoms with Crippen LogP contribution in [0.25, 0.3) is 5.65 Å². The Labute approximate surface area is 96.6 Å². The van der Waals surface area contributed by atoms with E-state index in [1.807, 2.05) is 0 Å². The second-order valence-corrected chi connectivity index (χ2v) is 4.39. The van der Waals surface area contributed by atoms with Gasteiger partial charge in [-0.1, -0.05) is 11.6 Å². The Morgan fingerprint density at radius 3 is 3.12 bits per heavy atom. The van der Waals surface area contributed by atoms with Crippen molar-refractivity contribution in [1.29, 1.82) is 0 Å². The van der Waals surface area contributed by atoms with E-state index in [2.05, 4.69) is 10.4 Å². The number of pyridine rings is 1. The molecule has 0 aromatic carbocycles. The average Bonchev–Trinajstić information content (AvgIpc) is 2.87. The molecule has 0 radical (unpaired) electrons. The summed E-state index contributed by atoms with van der Waals surface area (Å²) < 4.78 is 3.03. The molecule has 0 saturated carbocycles. The fraction of sp³-hybridized carbons (Fsp3) is 0.400. The van der Waals surface area contributed by atoms with Crippen molar-refractivity contribution in [2.24, 2.45) is 0 Å². The maximum Gasteiger partial charge on any atom is 0.350 e. The Kier molecular flexibility index (Phi) is 2.22. The van der Waals surface area contributed by atoms with Crippen molar-refractivity contribution in [2.45, 2.75) is 12.5 Å². The highest BCUT2D eigenvalue weighted by atomic mass is 35.5. The monoisotopic (exact) mass is 238 g/mol. The molecule has 1 saturated heterocycles. The molecule has 0 aliphatic carbocycles. The summed E-state index contributed by atoms with van der Waals surface area (Å²) in [6.45, 7) is 1.74. The van der Waals surface area contributed by atoms with E-state index in [1.165, 1.54) is 4.40 Å². The second-order valence-electron chi connectivity index (χ2n) is 3.95. The smallest absolute Gasteiger partial charge is 0.315 e. The number of fused-ring (bicyclic) bond motifs is 1. The maximum atomic E-state index is 12.0. The van der Waals surface area contributed by atoms with E-state index in [0.29, 0.717) is 10.7 Å². The Balaban J connectivity index is 2.19. The molecule has 1 fully saturated rings. The van der Waals surface area contributed by atoms with E-state index < -0.39 is 0 Å². The summed E-state index contributed by atoms with van der Waals surface area (Å²) in [6, 6.07) is 3.65. The number of nitrogens with zero attached hydrogens (tertiary/aromatic N) is 3. The molecule has 1 unspecified atom stereocenters. The largest absolute Gasteiger partial charge is 0.350 e. The van der Waals surface area contributed by atoms with Crippen molar-refractivity contribution >= 4 is 17.2 Å². The lowest BCUT2D eigenvalue weighted by molar-refractivity contribution is 0.475. The highest BCUT2D eigenvalue weighted by molar-refractivity contribution is 6.30. The van der Waals surface area contributed by atoms with Gasteiger partial charge >= 0.3 is 5.69 Å². The van der Waals surface area contributed by atoms with Gasteiger partial charge in [-0.2, -0.15) is 0 Å². The first kappa shape index (κ1) is 9.86. The van der Waals surface area contributed by atoms with Gasteiger partial charge in [0.25, 0.3) is 0 Å². The van der Waals surface area contributed by atoms with Crippen LogP contribution >= 0.6 is 11.6 Å². The summed E-state index contributed by atoms with van der Waals surface area (Å²) in [5, 5.41) is 8.06. The van der Waals surface area contributed by atoms with E-state index in [4.69, 9.17) is 11.6 Å². The minimum absolute atomic E-state index is 0.119. The molecular formula is C10H11ClN4O. The lowest BCUT2D eigenvalue weighted by Crippen LogP contribution is -2.26. The lowest BCUT2D eigenvalue weighted by Gasteiger charge is -2.05. The van der Waals surface area contributed by atoms with Crippen LogP contribution in [0.5, 0.6) is 0 Å². The predicted octanol–water partition coefficient (Wildman–Crippen LogP) is 0.684. The van der Waals surface area contributed by atoms with Crippen LogP contribution < -0.4 is 11.0 Å². The van der Waals surface area contributed by atoms with Gasteiger partial charge in [0.05, 0.1) is 11.1 Å². The number of aromatic nitrogens is 3. The molecule has 84 valence electrons. The van der Waals surface area contributed by atoms with E-state index in [0.717, 1.165) is 19.5 Å². The minimum Gasteiger partial charge on any atom is -0.315 e. The zero-order valence-corrected chi connectivity index (χ0v) is 9.31. The highest BCUT2D eigenvalue weighted by Gasteiger charge is 2.20. The first-order chi connectivity index (χ1) is 7.75. The number of halogens is 1. The summed E-state index contributed by atoms with van der Waals surface area (Å²) in [5.41, 5.74) is 0.521. The molecule has 6 heteroatoms. The molecule has 1 aliphatic heterocycles. The van der Waals surface area contributed by atoms with Crippen LogP contribution in [0.3, 0.4) is 0 Å².